The lowest BCUT2D eigenvalue weighted by molar-refractivity contribution is -0.400. The van der Waals surface area contributed by atoms with Crippen LogP contribution in [-0.4, -0.2) is 79.2 Å². The second-order valence-corrected chi connectivity index (χ2v) is 7.55. The topological polar surface area (TPSA) is 153 Å². The first-order chi connectivity index (χ1) is 14.3. The van der Waals surface area contributed by atoms with Crippen molar-refractivity contribution in [2.24, 2.45) is 0 Å². The van der Waals surface area contributed by atoms with Crippen LogP contribution in [0, 0.1) is 0 Å². The third kappa shape index (κ3) is 5.13. The standard InChI is InChI=1S/C19H27NO11/c1-9(21)20-15-13(28-11(3)23)7-19(17(25)26-6)30-14(8-27-10(2)22)16(29-12(4)24)18(15,5)31-19/h13-16H,7-8H2,1-6H3,(H,20,21)/t13-,14+,15+,16+,18+,19+/m0/s1. The molecule has 0 aromatic heterocycles. The number of amides is 1. The molecule has 2 bridgehead atoms. The van der Waals surface area contributed by atoms with E-state index in [0.717, 1.165) is 21.0 Å². The summed E-state index contributed by atoms with van der Waals surface area (Å²) >= 11 is 0. The average Bonchev–Trinajstić information content (AvgIpc) is 2.64. The zero-order valence-electron chi connectivity index (χ0n) is 18.2. The molecule has 12 heteroatoms. The maximum Gasteiger partial charge on any atom is 0.366 e. The first-order valence-corrected chi connectivity index (χ1v) is 9.56. The van der Waals surface area contributed by atoms with Gasteiger partial charge in [0.1, 0.15) is 24.4 Å². The molecule has 31 heavy (non-hydrogen) atoms. The molecule has 0 radical (unpaired) electrons. The van der Waals surface area contributed by atoms with E-state index in [1.54, 1.807) is 0 Å². The Morgan fingerprint density at radius 2 is 1.61 bits per heavy atom. The number of hydrogen-bond donors (Lipinski definition) is 1. The third-order valence-corrected chi connectivity index (χ3v) is 5.00. The molecule has 0 aromatic carbocycles. The van der Waals surface area contributed by atoms with Gasteiger partial charge in [-0.2, -0.15) is 0 Å². The maximum atomic E-state index is 12.7. The Morgan fingerprint density at radius 1 is 1.00 bits per heavy atom. The van der Waals surface area contributed by atoms with E-state index < -0.39 is 65.5 Å². The smallest absolute Gasteiger partial charge is 0.366 e. The summed E-state index contributed by atoms with van der Waals surface area (Å²) in [6, 6.07) is -1.04. The van der Waals surface area contributed by atoms with Gasteiger partial charge in [0.15, 0.2) is 6.10 Å². The lowest BCUT2D eigenvalue weighted by atomic mass is 9.76. The fraction of sp³-hybridized carbons (Fsp3) is 0.737. The monoisotopic (exact) mass is 445 g/mol. The molecular formula is C19H27NO11. The molecule has 0 saturated carbocycles. The van der Waals surface area contributed by atoms with E-state index in [9.17, 15) is 24.0 Å². The summed E-state index contributed by atoms with van der Waals surface area (Å²) in [5.74, 6) is -5.51. The Bertz CT molecular complexity index is 768. The minimum absolute atomic E-state index is 0.330. The molecule has 0 unspecified atom stereocenters. The van der Waals surface area contributed by atoms with Crippen LogP contribution in [0.2, 0.25) is 0 Å². The van der Waals surface area contributed by atoms with E-state index in [-0.39, 0.29) is 13.0 Å². The van der Waals surface area contributed by atoms with Gasteiger partial charge in [-0.05, 0) is 6.92 Å². The highest BCUT2D eigenvalue weighted by molar-refractivity contribution is 5.79. The SMILES string of the molecule is COC(=O)[C@@]12C[C@H](OC(C)=O)[C@@H](NC(C)=O)[C@@](C)(O1)[C@H](OC(C)=O)[C@@H](COC(C)=O)O2. The van der Waals surface area contributed by atoms with Crippen LogP contribution in [0.3, 0.4) is 0 Å². The van der Waals surface area contributed by atoms with Crippen molar-refractivity contribution in [3.63, 3.8) is 0 Å². The predicted octanol–water partition coefficient (Wildman–Crippen LogP) is -0.635. The van der Waals surface area contributed by atoms with Crippen molar-refractivity contribution in [2.45, 2.75) is 76.8 Å². The normalized spacial score (nSPS) is 34.1. The largest absolute Gasteiger partial charge is 0.465 e. The van der Waals surface area contributed by atoms with Crippen LogP contribution in [0.1, 0.15) is 41.0 Å². The molecule has 12 nitrogen and oxygen atoms in total. The van der Waals surface area contributed by atoms with E-state index in [4.69, 9.17) is 28.4 Å². The quantitative estimate of drug-likeness (QED) is 0.410. The van der Waals surface area contributed by atoms with Gasteiger partial charge in [-0.15, -0.1) is 0 Å². The fourth-order valence-corrected chi connectivity index (χ4v) is 3.99. The van der Waals surface area contributed by atoms with Crippen LogP contribution in [-0.2, 0) is 52.4 Å². The average molecular weight is 445 g/mol. The summed E-state index contributed by atoms with van der Waals surface area (Å²) in [6.07, 6.45) is -3.83. The van der Waals surface area contributed by atoms with Gasteiger partial charge in [0.2, 0.25) is 5.91 Å². The van der Waals surface area contributed by atoms with Crippen molar-refractivity contribution >= 4 is 29.8 Å². The molecular weight excluding hydrogens is 418 g/mol. The van der Waals surface area contributed by atoms with Gasteiger partial charge in [-0.3, -0.25) is 19.2 Å². The van der Waals surface area contributed by atoms with Crippen LogP contribution < -0.4 is 5.32 Å². The molecule has 6 atom stereocenters. The number of carbonyl (C=O) groups excluding carboxylic acids is 5. The number of methoxy groups -OCH3 is 1. The Labute approximate surface area is 178 Å². The van der Waals surface area contributed by atoms with Gasteiger partial charge in [0.25, 0.3) is 5.79 Å². The van der Waals surface area contributed by atoms with E-state index in [2.05, 4.69) is 5.32 Å². The van der Waals surface area contributed by atoms with Crippen molar-refractivity contribution in [1.29, 1.82) is 0 Å². The molecule has 1 N–H and O–H groups in total. The minimum atomic E-state index is -2.07. The van der Waals surface area contributed by atoms with Crippen molar-refractivity contribution in [1.82, 2.24) is 5.32 Å². The summed E-state index contributed by atoms with van der Waals surface area (Å²) in [5.41, 5.74) is -1.63. The van der Waals surface area contributed by atoms with Crippen LogP contribution >= 0.6 is 0 Å². The van der Waals surface area contributed by atoms with Gasteiger partial charge in [0.05, 0.1) is 19.6 Å². The Morgan fingerprint density at radius 3 is 2.10 bits per heavy atom. The summed E-state index contributed by atoms with van der Waals surface area (Å²) < 4.78 is 32.5. The number of carbonyl (C=O) groups is 5. The summed E-state index contributed by atoms with van der Waals surface area (Å²) in [5, 5.41) is 2.65. The maximum absolute atomic E-state index is 12.7. The molecule has 2 heterocycles. The van der Waals surface area contributed by atoms with Crippen molar-refractivity contribution in [3.05, 3.63) is 0 Å². The van der Waals surface area contributed by atoms with E-state index in [1.807, 2.05) is 0 Å². The zero-order valence-corrected chi connectivity index (χ0v) is 18.2. The summed E-state index contributed by atoms with van der Waals surface area (Å²) in [4.78, 5) is 59.6. The van der Waals surface area contributed by atoms with Crippen LogP contribution in [0.5, 0.6) is 0 Å². The second-order valence-electron chi connectivity index (χ2n) is 7.55. The third-order valence-electron chi connectivity index (χ3n) is 5.00. The number of rotatable bonds is 6. The highest BCUT2D eigenvalue weighted by atomic mass is 16.8. The summed E-state index contributed by atoms with van der Waals surface area (Å²) in [7, 11) is 1.11. The first-order valence-electron chi connectivity index (χ1n) is 9.56. The Kier molecular flexibility index (Phi) is 7.27. The Hall–Kier alpha value is -2.73. The van der Waals surface area contributed by atoms with Crippen molar-refractivity contribution < 1.29 is 52.4 Å². The van der Waals surface area contributed by atoms with Gasteiger partial charge < -0.3 is 33.7 Å². The predicted molar refractivity (Wildman–Crippen MR) is 99.1 cm³/mol. The van der Waals surface area contributed by atoms with Crippen molar-refractivity contribution in [3.8, 4) is 0 Å². The number of esters is 4. The number of hydrogen-bond acceptors (Lipinski definition) is 11. The van der Waals surface area contributed by atoms with Crippen LogP contribution in [0.15, 0.2) is 0 Å². The molecule has 0 aromatic rings. The molecule has 0 aliphatic carbocycles. The molecule has 174 valence electrons. The lowest BCUT2D eigenvalue weighted by Crippen LogP contribution is -2.79. The molecule has 2 fully saturated rings. The second kappa shape index (κ2) is 9.18. The van der Waals surface area contributed by atoms with Crippen LogP contribution in [0.4, 0.5) is 0 Å². The lowest BCUT2D eigenvalue weighted by Gasteiger charge is -2.58. The Balaban J connectivity index is 2.63. The van der Waals surface area contributed by atoms with Gasteiger partial charge in [-0.1, -0.05) is 0 Å². The molecule has 2 aliphatic heterocycles. The van der Waals surface area contributed by atoms with Gasteiger partial charge >= 0.3 is 23.9 Å². The van der Waals surface area contributed by atoms with Gasteiger partial charge in [-0.25, -0.2) is 4.79 Å². The molecule has 2 rings (SSSR count). The fourth-order valence-electron chi connectivity index (χ4n) is 3.99. The van der Waals surface area contributed by atoms with E-state index in [0.29, 0.717) is 0 Å². The number of ether oxygens (including phenoxy) is 6. The highest BCUT2D eigenvalue weighted by Crippen LogP contribution is 2.47. The highest BCUT2D eigenvalue weighted by Gasteiger charge is 2.69. The van der Waals surface area contributed by atoms with Gasteiger partial charge in [0, 0.05) is 27.7 Å². The molecule has 0 spiro atoms. The number of fused-ring (bicyclic) bond motifs is 2. The van der Waals surface area contributed by atoms with Crippen molar-refractivity contribution in [2.75, 3.05) is 13.7 Å². The summed E-state index contributed by atoms with van der Waals surface area (Å²) in [6.45, 7) is 5.82. The zero-order chi connectivity index (χ0) is 23.6. The van der Waals surface area contributed by atoms with E-state index in [1.165, 1.54) is 20.8 Å². The molecule has 2 aliphatic rings. The van der Waals surface area contributed by atoms with Crippen LogP contribution in [0.25, 0.3) is 0 Å². The minimum Gasteiger partial charge on any atom is -0.465 e. The first kappa shape index (κ1) is 24.5. The number of nitrogens with one attached hydrogen (secondary N) is 1. The molecule has 2 saturated heterocycles. The van der Waals surface area contributed by atoms with E-state index >= 15 is 0 Å². The molecule has 1 amide bonds.